The van der Waals surface area contributed by atoms with Crippen molar-refractivity contribution in [1.82, 2.24) is 10.4 Å². The lowest BCUT2D eigenvalue weighted by atomic mass is 9.96. The number of nitrogens with zero attached hydrogens (tertiary/aromatic N) is 1. The van der Waals surface area contributed by atoms with E-state index >= 15 is 0 Å². The maximum absolute atomic E-state index is 12.5. The molecule has 9 heteroatoms. The van der Waals surface area contributed by atoms with Crippen LogP contribution < -0.4 is 5.43 Å². The van der Waals surface area contributed by atoms with E-state index in [-0.39, 0.29) is 19.4 Å². The molecule has 0 aromatic heterocycles. The van der Waals surface area contributed by atoms with Crippen LogP contribution in [-0.4, -0.2) is 53.3 Å². The lowest BCUT2D eigenvalue weighted by molar-refractivity contribution is -0.162. The van der Waals surface area contributed by atoms with E-state index in [4.69, 9.17) is 14.2 Å². The zero-order valence-electron chi connectivity index (χ0n) is 15.3. The van der Waals surface area contributed by atoms with E-state index in [1.165, 1.54) is 0 Å². The molecule has 1 fully saturated rings. The van der Waals surface area contributed by atoms with Gasteiger partial charge < -0.3 is 14.2 Å². The zero-order chi connectivity index (χ0) is 19.2. The van der Waals surface area contributed by atoms with Gasteiger partial charge in [-0.05, 0) is 47.5 Å². The summed E-state index contributed by atoms with van der Waals surface area (Å²) in [6.45, 7) is 8.07. The van der Waals surface area contributed by atoms with Gasteiger partial charge in [0.1, 0.15) is 0 Å². The summed E-state index contributed by atoms with van der Waals surface area (Å²) in [5.74, 6) is -1.42. The second kappa shape index (κ2) is 8.68. The molecular weight excluding hydrogens is 332 g/mol. The van der Waals surface area contributed by atoms with Crippen molar-refractivity contribution in [2.75, 3.05) is 6.61 Å². The monoisotopic (exact) mass is 358 g/mol. The molecule has 0 heterocycles. The fourth-order valence-electron chi connectivity index (χ4n) is 2.53. The number of rotatable bonds is 5. The smallest absolute Gasteiger partial charge is 0.430 e. The number of ketones is 1. The fourth-order valence-corrected chi connectivity index (χ4v) is 2.53. The molecule has 0 bridgehead atoms. The number of hydrogen-bond donors (Lipinski definition) is 1. The molecule has 2 amide bonds. The summed E-state index contributed by atoms with van der Waals surface area (Å²) in [4.78, 5) is 49.5. The molecule has 0 saturated heterocycles. The predicted molar refractivity (Wildman–Crippen MR) is 86.4 cm³/mol. The molecule has 1 rings (SSSR count). The van der Waals surface area contributed by atoms with Gasteiger partial charge >= 0.3 is 18.2 Å². The second-order valence-corrected chi connectivity index (χ2v) is 6.19. The number of hydrogen-bond acceptors (Lipinski definition) is 7. The van der Waals surface area contributed by atoms with Crippen molar-refractivity contribution < 1.29 is 33.4 Å². The standard InChI is InChI=1S/C16H26N2O7/c1-6-23-13(20)16(9-7-8-12(16)19)18(15(22)25-11(4)5)17-14(21)24-10(2)3/h10-11H,6-9H2,1-5H3,(H,17,21)/t16-/m0/s1. The van der Waals surface area contributed by atoms with E-state index in [0.29, 0.717) is 11.4 Å². The number of carbonyl (C=O) groups excluding carboxylic acids is 4. The largest absolute Gasteiger partial charge is 0.464 e. The van der Waals surface area contributed by atoms with Crippen LogP contribution in [0.5, 0.6) is 0 Å². The highest BCUT2D eigenvalue weighted by atomic mass is 16.6. The van der Waals surface area contributed by atoms with Gasteiger partial charge in [0, 0.05) is 6.42 Å². The summed E-state index contributed by atoms with van der Waals surface area (Å²) in [5.41, 5.74) is 0.236. The van der Waals surface area contributed by atoms with Crippen molar-refractivity contribution >= 4 is 23.9 Å². The number of amides is 2. The normalized spacial score (nSPS) is 19.7. The molecule has 1 atom stereocenters. The van der Waals surface area contributed by atoms with Crippen LogP contribution in [0.25, 0.3) is 0 Å². The Balaban J connectivity index is 3.24. The Morgan fingerprint density at radius 3 is 2.20 bits per heavy atom. The van der Waals surface area contributed by atoms with Crippen LogP contribution in [0.4, 0.5) is 9.59 Å². The van der Waals surface area contributed by atoms with Crippen LogP contribution in [0, 0.1) is 0 Å². The van der Waals surface area contributed by atoms with Gasteiger partial charge in [0.05, 0.1) is 18.8 Å². The molecule has 1 N–H and O–H groups in total. The molecule has 142 valence electrons. The average Bonchev–Trinajstić information content (AvgIpc) is 2.86. The van der Waals surface area contributed by atoms with E-state index in [1.54, 1.807) is 34.6 Å². The van der Waals surface area contributed by atoms with Crippen LogP contribution >= 0.6 is 0 Å². The SMILES string of the molecule is CCOC(=O)[C@]1(N(NC(=O)OC(C)C)C(=O)OC(C)C)CCCC1=O. The number of hydrazine groups is 1. The molecule has 0 aliphatic heterocycles. The molecule has 1 aliphatic carbocycles. The van der Waals surface area contributed by atoms with Gasteiger partial charge in [0.25, 0.3) is 0 Å². The lowest BCUT2D eigenvalue weighted by Crippen LogP contribution is -2.66. The summed E-state index contributed by atoms with van der Waals surface area (Å²) in [6.07, 6.45) is -2.48. The first-order valence-corrected chi connectivity index (χ1v) is 8.33. The number of Topliss-reactive ketones (excluding diaryl/α,β-unsaturated/α-hetero) is 1. The Morgan fingerprint density at radius 1 is 1.16 bits per heavy atom. The Hall–Kier alpha value is -2.32. The molecule has 0 aromatic rings. The van der Waals surface area contributed by atoms with E-state index in [0.717, 1.165) is 0 Å². The highest BCUT2D eigenvalue weighted by Crippen LogP contribution is 2.33. The highest BCUT2D eigenvalue weighted by molar-refractivity contribution is 6.12. The van der Waals surface area contributed by atoms with Crippen molar-refractivity contribution in [2.24, 2.45) is 0 Å². The van der Waals surface area contributed by atoms with Crippen LogP contribution in [0.1, 0.15) is 53.9 Å². The summed E-state index contributed by atoms with van der Waals surface area (Å²) in [7, 11) is 0. The van der Waals surface area contributed by atoms with Gasteiger partial charge in [-0.25, -0.2) is 19.8 Å². The van der Waals surface area contributed by atoms with Crippen LogP contribution in [0.15, 0.2) is 0 Å². The first kappa shape index (κ1) is 20.7. The van der Waals surface area contributed by atoms with Crippen LogP contribution in [0.2, 0.25) is 0 Å². The van der Waals surface area contributed by atoms with Crippen molar-refractivity contribution in [1.29, 1.82) is 0 Å². The van der Waals surface area contributed by atoms with Gasteiger partial charge in [0.2, 0.25) is 5.54 Å². The van der Waals surface area contributed by atoms with Crippen molar-refractivity contribution in [2.45, 2.75) is 71.6 Å². The number of carbonyl (C=O) groups is 4. The van der Waals surface area contributed by atoms with Crippen molar-refractivity contribution in [3.05, 3.63) is 0 Å². The number of esters is 1. The van der Waals surface area contributed by atoms with E-state index in [9.17, 15) is 19.2 Å². The first-order chi connectivity index (χ1) is 11.6. The Morgan fingerprint density at radius 2 is 1.76 bits per heavy atom. The molecule has 9 nitrogen and oxygen atoms in total. The zero-order valence-corrected chi connectivity index (χ0v) is 15.3. The maximum Gasteiger partial charge on any atom is 0.430 e. The Kier molecular flexibility index (Phi) is 7.20. The highest BCUT2D eigenvalue weighted by Gasteiger charge is 2.58. The number of ether oxygens (including phenoxy) is 3. The quantitative estimate of drug-likeness (QED) is 0.346. The van der Waals surface area contributed by atoms with E-state index < -0.39 is 41.7 Å². The van der Waals surface area contributed by atoms with Crippen LogP contribution in [-0.2, 0) is 23.8 Å². The Bertz CT molecular complexity index is 533. The minimum absolute atomic E-state index is 0.0252. The molecular formula is C16H26N2O7. The lowest BCUT2D eigenvalue weighted by Gasteiger charge is -2.36. The van der Waals surface area contributed by atoms with Gasteiger partial charge in [-0.2, -0.15) is 5.01 Å². The molecule has 1 saturated carbocycles. The summed E-state index contributed by atoms with van der Waals surface area (Å²) < 4.78 is 15.0. The van der Waals surface area contributed by atoms with Crippen molar-refractivity contribution in [3.63, 3.8) is 0 Å². The number of nitrogens with one attached hydrogen (secondary N) is 1. The Labute approximate surface area is 146 Å². The third kappa shape index (κ3) is 4.83. The molecule has 1 aliphatic rings. The van der Waals surface area contributed by atoms with E-state index in [2.05, 4.69) is 5.43 Å². The molecule has 25 heavy (non-hydrogen) atoms. The van der Waals surface area contributed by atoms with Gasteiger partial charge in [-0.1, -0.05) is 0 Å². The minimum atomic E-state index is -1.95. The molecule has 0 spiro atoms. The fraction of sp³-hybridized carbons (Fsp3) is 0.750. The molecule has 0 radical (unpaired) electrons. The summed E-state index contributed by atoms with van der Waals surface area (Å²) >= 11 is 0. The third-order valence-corrected chi connectivity index (χ3v) is 3.46. The van der Waals surface area contributed by atoms with E-state index in [1.807, 2.05) is 0 Å². The second-order valence-electron chi connectivity index (χ2n) is 6.19. The maximum atomic E-state index is 12.5. The topological polar surface area (TPSA) is 111 Å². The third-order valence-electron chi connectivity index (χ3n) is 3.46. The van der Waals surface area contributed by atoms with Crippen molar-refractivity contribution in [3.8, 4) is 0 Å². The first-order valence-electron chi connectivity index (χ1n) is 8.33. The summed E-state index contributed by atoms with van der Waals surface area (Å²) in [5, 5.41) is 0.616. The van der Waals surface area contributed by atoms with Gasteiger partial charge in [0.15, 0.2) is 5.78 Å². The van der Waals surface area contributed by atoms with Crippen LogP contribution in [0.3, 0.4) is 0 Å². The molecule has 0 aromatic carbocycles. The minimum Gasteiger partial charge on any atom is -0.464 e. The van der Waals surface area contributed by atoms with Gasteiger partial charge in [-0.3, -0.25) is 4.79 Å². The average molecular weight is 358 g/mol. The molecule has 0 unspecified atom stereocenters. The summed E-state index contributed by atoms with van der Waals surface area (Å²) in [6, 6.07) is 0. The predicted octanol–water partition coefficient (Wildman–Crippen LogP) is 1.94. The van der Waals surface area contributed by atoms with Gasteiger partial charge in [-0.15, -0.1) is 0 Å².